The molecule has 0 amide bonds. The highest BCUT2D eigenvalue weighted by Gasteiger charge is 2.23. The lowest BCUT2D eigenvalue weighted by Gasteiger charge is -2.27. The van der Waals surface area contributed by atoms with Gasteiger partial charge in [-0.3, -0.25) is 0 Å². The van der Waals surface area contributed by atoms with Gasteiger partial charge in [0.05, 0.1) is 6.10 Å². The van der Waals surface area contributed by atoms with Crippen molar-refractivity contribution in [2.45, 2.75) is 43.6 Å². The van der Waals surface area contributed by atoms with Crippen LogP contribution in [0.1, 0.15) is 32.6 Å². The second kappa shape index (κ2) is 6.02. The molecule has 6 heteroatoms. The first-order valence-electron chi connectivity index (χ1n) is 6.27. The van der Waals surface area contributed by atoms with Gasteiger partial charge in [0.15, 0.2) is 0 Å². The van der Waals surface area contributed by atoms with E-state index in [-0.39, 0.29) is 11.0 Å². The van der Waals surface area contributed by atoms with E-state index < -0.39 is 9.05 Å². The molecule has 0 aromatic heterocycles. The number of ether oxygens (including phenoxy) is 1. The van der Waals surface area contributed by atoms with Crippen LogP contribution in [0.5, 0.6) is 5.75 Å². The van der Waals surface area contributed by atoms with E-state index in [0.717, 1.165) is 31.6 Å². The Bertz CT molecular complexity index is 551. The smallest absolute Gasteiger partial charge is 0.265 e. The molecule has 0 bridgehead atoms. The van der Waals surface area contributed by atoms with E-state index in [0.29, 0.717) is 10.2 Å². The molecule has 0 heterocycles. The fraction of sp³-hybridized carbons (Fsp3) is 0.538. The normalized spacial score (nSPS) is 24.2. The summed E-state index contributed by atoms with van der Waals surface area (Å²) in [6.07, 6.45) is 4.22. The fourth-order valence-electron chi connectivity index (χ4n) is 2.30. The summed E-state index contributed by atoms with van der Waals surface area (Å²) < 4.78 is 29.6. The Morgan fingerprint density at radius 1 is 1.26 bits per heavy atom. The van der Waals surface area contributed by atoms with Crippen molar-refractivity contribution in [2.75, 3.05) is 0 Å². The SMILES string of the molecule is CC1CCC(Oc2ccc(Br)cc2S(=O)(=O)Cl)CC1. The van der Waals surface area contributed by atoms with E-state index in [1.165, 1.54) is 6.07 Å². The molecule has 19 heavy (non-hydrogen) atoms. The third kappa shape index (κ3) is 4.10. The van der Waals surface area contributed by atoms with Gasteiger partial charge in [-0.1, -0.05) is 22.9 Å². The van der Waals surface area contributed by atoms with Crippen molar-refractivity contribution in [3.05, 3.63) is 22.7 Å². The van der Waals surface area contributed by atoms with Gasteiger partial charge in [0.25, 0.3) is 9.05 Å². The number of rotatable bonds is 3. The van der Waals surface area contributed by atoms with Gasteiger partial charge in [0.1, 0.15) is 10.6 Å². The van der Waals surface area contributed by atoms with Crippen molar-refractivity contribution in [1.29, 1.82) is 0 Å². The first-order valence-corrected chi connectivity index (χ1v) is 9.37. The van der Waals surface area contributed by atoms with Gasteiger partial charge < -0.3 is 4.74 Å². The topological polar surface area (TPSA) is 43.4 Å². The summed E-state index contributed by atoms with van der Waals surface area (Å²) in [6, 6.07) is 4.88. The van der Waals surface area contributed by atoms with Crippen molar-refractivity contribution in [3.63, 3.8) is 0 Å². The molecule has 1 aromatic carbocycles. The summed E-state index contributed by atoms with van der Waals surface area (Å²) >= 11 is 3.24. The molecule has 3 nitrogen and oxygen atoms in total. The number of benzene rings is 1. The molecule has 0 aliphatic heterocycles. The Hall–Kier alpha value is -0.260. The third-order valence-electron chi connectivity index (χ3n) is 3.42. The van der Waals surface area contributed by atoms with Crippen molar-refractivity contribution < 1.29 is 13.2 Å². The average molecular weight is 368 g/mol. The zero-order valence-corrected chi connectivity index (χ0v) is 13.8. The zero-order valence-electron chi connectivity index (χ0n) is 10.6. The molecule has 0 saturated heterocycles. The van der Waals surface area contributed by atoms with Crippen LogP contribution in [0.4, 0.5) is 0 Å². The van der Waals surface area contributed by atoms with Crippen molar-refractivity contribution in [1.82, 2.24) is 0 Å². The van der Waals surface area contributed by atoms with Crippen LogP contribution in [0.2, 0.25) is 0 Å². The first kappa shape index (κ1) is 15.1. The lowest BCUT2D eigenvalue weighted by molar-refractivity contribution is 0.132. The Labute approximate surface area is 126 Å². The van der Waals surface area contributed by atoms with Crippen molar-refractivity contribution in [3.8, 4) is 5.75 Å². The Morgan fingerprint density at radius 3 is 2.47 bits per heavy atom. The number of halogens is 2. The predicted molar refractivity (Wildman–Crippen MR) is 79.2 cm³/mol. The number of hydrogen-bond acceptors (Lipinski definition) is 3. The summed E-state index contributed by atoms with van der Waals surface area (Å²) in [4.78, 5) is 0.0298. The van der Waals surface area contributed by atoms with Crippen LogP contribution in [-0.4, -0.2) is 14.5 Å². The van der Waals surface area contributed by atoms with Crippen LogP contribution >= 0.6 is 26.6 Å². The molecule has 106 valence electrons. The second-order valence-corrected chi connectivity index (χ2v) is 8.48. The van der Waals surface area contributed by atoms with E-state index in [1.807, 2.05) is 0 Å². The van der Waals surface area contributed by atoms with Crippen LogP contribution in [0, 0.1) is 5.92 Å². The molecule has 0 N–H and O–H groups in total. The summed E-state index contributed by atoms with van der Waals surface area (Å²) in [5.74, 6) is 1.07. The van der Waals surface area contributed by atoms with Crippen LogP contribution < -0.4 is 4.74 Å². The van der Waals surface area contributed by atoms with Crippen LogP contribution in [0.15, 0.2) is 27.6 Å². The summed E-state index contributed by atoms with van der Waals surface area (Å²) in [5, 5.41) is 0. The molecule has 1 aliphatic carbocycles. The summed E-state index contributed by atoms with van der Waals surface area (Å²) in [7, 11) is 1.65. The van der Waals surface area contributed by atoms with Crippen molar-refractivity contribution in [2.24, 2.45) is 5.92 Å². The molecule has 1 fully saturated rings. The lowest BCUT2D eigenvalue weighted by Crippen LogP contribution is -2.23. The highest BCUT2D eigenvalue weighted by atomic mass is 79.9. The van der Waals surface area contributed by atoms with Crippen LogP contribution in [0.3, 0.4) is 0 Å². The maximum absolute atomic E-state index is 11.6. The molecule has 1 aromatic rings. The zero-order chi connectivity index (χ0) is 14.0. The van der Waals surface area contributed by atoms with Gasteiger partial charge in [0.2, 0.25) is 0 Å². The van der Waals surface area contributed by atoms with Gasteiger partial charge in [-0.15, -0.1) is 0 Å². The highest BCUT2D eigenvalue weighted by molar-refractivity contribution is 9.10. The maximum Gasteiger partial charge on any atom is 0.265 e. The average Bonchev–Trinajstić information content (AvgIpc) is 2.33. The van der Waals surface area contributed by atoms with Crippen molar-refractivity contribution >= 4 is 35.7 Å². The van der Waals surface area contributed by atoms with Gasteiger partial charge in [-0.25, -0.2) is 8.42 Å². The maximum atomic E-state index is 11.6. The van der Waals surface area contributed by atoms with E-state index in [1.54, 1.807) is 12.1 Å². The van der Waals surface area contributed by atoms with Gasteiger partial charge in [0, 0.05) is 15.2 Å². The van der Waals surface area contributed by atoms with E-state index >= 15 is 0 Å². The highest BCUT2D eigenvalue weighted by Crippen LogP contribution is 2.33. The largest absolute Gasteiger partial charge is 0.489 e. The molecular formula is C13H16BrClO3S. The van der Waals surface area contributed by atoms with Gasteiger partial charge in [-0.05, 0) is 49.8 Å². The minimum atomic E-state index is -3.80. The minimum Gasteiger partial charge on any atom is -0.489 e. The van der Waals surface area contributed by atoms with E-state index in [4.69, 9.17) is 15.4 Å². The standard InChI is InChI=1S/C13H16BrClO3S/c1-9-2-5-11(6-3-9)18-12-7-4-10(14)8-13(12)19(15,16)17/h4,7-9,11H,2-3,5-6H2,1H3. The third-order valence-corrected chi connectivity index (χ3v) is 5.26. The van der Waals surface area contributed by atoms with Crippen LogP contribution in [-0.2, 0) is 9.05 Å². The lowest BCUT2D eigenvalue weighted by atomic mass is 9.89. The second-order valence-electron chi connectivity index (χ2n) is 5.03. The molecule has 0 radical (unpaired) electrons. The summed E-state index contributed by atoms with van der Waals surface area (Å²) in [6.45, 7) is 2.23. The molecule has 0 spiro atoms. The van der Waals surface area contributed by atoms with Crippen LogP contribution in [0.25, 0.3) is 0 Å². The Morgan fingerprint density at radius 2 is 1.89 bits per heavy atom. The van der Waals surface area contributed by atoms with E-state index in [9.17, 15) is 8.42 Å². The summed E-state index contributed by atoms with van der Waals surface area (Å²) in [5.41, 5.74) is 0. The monoisotopic (exact) mass is 366 g/mol. The quantitative estimate of drug-likeness (QED) is 0.747. The molecule has 1 saturated carbocycles. The van der Waals surface area contributed by atoms with Gasteiger partial charge >= 0.3 is 0 Å². The Kier molecular flexibility index (Phi) is 4.79. The predicted octanol–water partition coefficient (Wildman–Crippen LogP) is 4.33. The van der Waals surface area contributed by atoms with Gasteiger partial charge in [-0.2, -0.15) is 0 Å². The minimum absolute atomic E-state index is 0.0298. The molecule has 2 rings (SSSR count). The fourth-order valence-corrected chi connectivity index (χ4v) is 3.80. The number of hydrogen-bond donors (Lipinski definition) is 0. The first-order chi connectivity index (χ1) is 8.86. The van der Waals surface area contributed by atoms with E-state index in [2.05, 4.69) is 22.9 Å². The molecule has 0 atom stereocenters. The Balaban J connectivity index is 2.21. The molecule has 0 unspecified atom stereocenters. The molecular weight excluding hydrogens is 352 g/mol. The molecule has 1 aliphatic rings.